The van der Waals surface area contributed by atoms with E-state index in [4.69, 9.17) is 19.9 Å². The summed E-state index contributed by atoms with van der Waals surface area (Å²) in [6.45, 7) is 0. The van der Waals surface area contributed by atoms with Gasteiger partial charge in [0, 0.05) is 84.3 Å². The first-order valence-electron chi connectivity index (χ1n) is 19.3. The van der Waals surface area contributed by atoms with Crippen LogP contribution in [-0.4, -0.2) is 19.9 Å². The van der Waals surface area contributed by atoms with E-state index in [0.717, 1.165) is 49.8 Å². The van der Waals surface area contributed by atoms with Crippen LogP contribution in [0, 0.1) is 0 Å². The molecule has 0 aliphatic carbocycles. The Labute approximate surface area is 341 Å². The zero-order valence-corrected chi connectivity index (χ0v) is 32.6. The summed E-state index contributed by atoms with van der Waals surface area (Å²) in [5.41, 5.74) is 8.24. The Morgan fingerprint density at radius 1 is 0.310 bits per heavy atom. The van der Waals surface area contributed by atoms with Crippen molar-refractivity contribution in [2.45, 2.75) is 0 Å². The normalized spacial score (nSPS) is 11.8. The van der Waals surface area contributed by atoms with Gasteiger partial charge in [-0.3, -0.25) is 0 Å². The number of thiophene rings is 2. The van der Waals surface area contributed by atoms with E-state index >= 15 is 0 Å². The van der Waals surface area contributed by atoms with Crippen LogP contribution in [0.1, 0.15) is 0 Å². The molecule has 4 aromatic heterocycles. The highest BCUT2D eigenvalue weighted by atomic mass is 32.1. The van der Waals surface area contributed by atoms with Gasteiger partial charge in [0.15, 0.2) is 17.5 Å². The van der Waals surface area contributed by atoms with Crippen LogP contribution >= 0.6 is 22.7 Å². The monoisotopic (exact) mass is 774 g/mol. The molecule has 0 N–H and O–H groups in total. The smallest absolute Gasteiger partial charge is 0.164 e. The number of hydrogen-bond acceptors (Lipinski definition) is 6. The Hall–Kier alpha value is -7.12. The van der Waals surface area contributed by atoms with Gasteiger partial charge in [0.25, 0.3) is 0 Å². The fraction of sp³-hybridized carbons (Fsp3) is 0. The van der Waals surface area contributed by atoms with Crippen LogP contribution in [0.4, 0.5) is 0 Å². The predicted molar refractivity (Wildman–Crippen MR) is 246 cm³/mol. The van der Waals surface area contributed by atoms with E-state index in [2.05, 4.69) is 121 Å². The largest absolute Gasteiger partial charge is 0.247 e. The second-order valence-corrected chi connectivity index (χ2v) is 16.7. The molecule has 6 heteroatoms. The third kappa shape index (κ3) is 5.34. The van der Waals surface area contributed by atoms with Crippen molar-refractivity contribution in [2.24, 2.45) is 0 Å². The molecule has 58 heavy (non-hydrogen) atoms. The van der Waals surface area contributed by atoms with Crippen LogP contribution in [-0.2, 0) is 0 Å². The lowest BCUT2D eigenvalue weighted by Crippen LogP contribution is -2.00. The standard InChI is InChI=1S/C52H30N4S2/c1-3-13-32(14-4-1)50-54-51(33-15-5-2-6-16-33)56-52(55-50)34-25-23-31(24-26-34)39-30-41-46(47-38-19-9-12-22-44(38)58-49(39)47)37-18-7-10-20-42(37)53-48(41)35-27-28-45-40(29-35)36-17-8-11-21-43(36)57-45/h1-30H. The SMILES string of the molecule is c1ccc(-c2nc(-c3ccccc3)nc(-c3ccc(-c4cc5c(-c6ccc7sc8ccccc8c7c6)nc6ccccc6c5c5c4sc4ccccc45)cc3)n2)cc1. The van der Waals surface area contributed by atoms with Crippen LogP contribution in [0.2, 0.25) is 0 Å². The van der Waals surface area contributed by atoms with Crippen molar-refractivity contribution in [3.8, 4) is 56.5 Å². The number of benzene rings is 8. The number of fused-ring (bicyclic) bond motifs is 10. The van der Waals surface area contributed by atoms with Crippen LogP contribution in [0.15, 0.2) is 182 Å². The molecule has 4 nitrogen and oxygen atoms in total. The Morgan fingerprint density at radius 3 is 1.52 bits per heavy atom. The summed E-state index contributed by atoms with van der Waals surface area (Å²) in [7, 11) is 0. The van der Waals surface area contributed by atoms with Gasteiger partial charge in [-0.05, 0) is 42.0 Å². The third-order valence-electron chi connectivity index (χ3n) is 11.1. The minimum atomic E-state index is 0.638. The zero-order chi connectivity index (χ0) is 38.2. The van der Waals surface area contributed by atoms with Crippen molar-refractivity contribution < 1.29 is 0 Å². The van der Waals surface area contributed by atoms with E-state index in [-0.39, 0.29) is 0 Å². The first-order valence-corrected chi connectivity index (χ1v) is 20.9. The molecule has 0 aliphatic rings. The molecule has 270 valence electrons. The number of nitrogens with zero attached hydrogens (tertiary/aromatic N) is 4. The van der Waals surface area contributed by atoms with Crippen molar-refractivity contribution in [1.82, 2.24) is 19.9 Å². The molecule has 0 saturated heterocycles. The van der Waals surface area contributed by atoms with E-state index < -0.39 is 0 Å². The molecule has 0 atom stereocenters. The molecule has 0 radical (unpaired) electrons. The highest BCUT2D eigenvalue weighted by Crippen LogP contribution is 2.48. The molecule has 0 saturated carbocycles. The number of para-hydroxylation sites is 1. The fourth-order valence-corrected chi connectivity index (χ4v) is 10.7. The van der Waals surface area contributed by atoms with Gasteiger partial charge in [-0.2, -0.15) is 0 Å². The summed E-state index contributed by atoms with van der Waals surface area (Å²) in [5, 5.41) is 8.64. The average Bonchev–Trinajstić information content (AvgIpc) is 3.88. The lowest BCUT2D eigenvalue weighted by molar-refractivity contribution is 1.07. The molecule has 12 aromatic rings. The summed E-state index contributed by atoms with van der Waals surface area (Å²) in [6.07, 6.45) is 0. The molecule has 0 amide bonds. The van der Waals surface area contributed by atoms with E-state index in [0.29, 0.717) is 17.5 Å². The molecule has 0 unspecified atom stereocenters. The molecule has 0 aliphatic heterocycles. The predicted octanol–water partition coefficient (Wildman–Crippen LogP) is 14.6. The highest BCUT2D eigenvalue weighted by Gasteiger charge is 2.21. The minimum Gasteiger partial charge on any atom is -0.247 e. The van der Waals surface area contributed by atoms with Gasteiger partial charge in [-0.1, -0.05) is 146 Å². The van der Waals surface area contributed by atoms with Gasteiger partial charge in [0.1, 0.15) is 0 Å². The number of rotatable bonds is 5. The van der Waals surface area contributed by atoms with Crippen molar-refractivity contribution in [1.29, 1.82) is 0 Å². The van der Waals surface area contributed by atoms with Crippen LogP contribution in [0.25, 0.3) is 119 Å². The summed E-state index contributed by atoms with van der Waals surface area (Å²) < 4.78 is 5.12. The molecule has 0 fully saturated rings. The van der Waals surface area contributed by atoms with E-state index in [1.54, 1.807) is 0 Å². The maximum absolute atomic E-state index is 5.46. The first kappa shape index (κ1) is 33.1. The molecule has 0 bridgehead atoms. The molecule has 8 aromatic carbocycles. The van der Waals surface area contributed by atoms with Gasteiger partial charge >= 0.3 is 0 Å². The summed E-state index contributed by atoms with van der Waals surface area (Å²) in [6, 6.07) is 64.3. The maximum atomic E-state index is 5.46. The summed E-state index contributed by atoms with van der Waals surface area (Å²) in [5.74, 6) is 1.94. The van der Waals surface area contributed by atoms with Crippen LogP contribution in [0.3, 0.4) is 0 Å². The van der Waals surface area contributed by atoms with Gasteiger partial charge < -0.3 is 0 Å². The second-order valence-electron chi connectivity index (χ2n) is 14.6. The number of hydrogen-bond donors (Lipinski definition) is 0. The topological polar surface area (TPSA) is 51.6 Å². The van der Waals surface area contributed by atoms with Crippen molar-refractivity contribution in [3.05, 3.63) is 182 Å². The summed E-state index contributed by atoms with van der Waals surface area (Å²) >= 11 is 3.70. The summed E-state index contributed by atoms with van der Waals surface area (Å²) in [4.78, 5) is 20.4. The van der Waals surface area contributed by atoms with E-state index in [1.807, 2.05) is 83.3 Å². The quantitative estimate of drug-likeness (QED) is 0.163. The lowest BCUT2D eigenvalue weighted by atomic mass is 9.91. The zero-order valence-electron chi connectivity index (χ0n) is 30.9. The fourth-order valence-electron chi connectivity index (χ4n) is 8.37. The Balaban J connectivity index is 1.09. The lowest BCUT2D eigenvalue weighted by Gasteiger charge is -2.15. The average molecular weight is 775 g/mol. The van der Waals surface area contributed by atoms with Gasteiger partial charge in [-0.25, -0.2) is 19.9 Å². The van der Waals surface area contributed by atoms with Gasteiger partial charge in [-0.15, -0.1) is 22.7 Å². The molecular weight excluding hydrogens is 745 g/mol. The van der Waals surface area contributed by atoms with Crippen LogP contribution in [0.5, 0.6) is 0 Å². The maximum Gasteiger partial charge on any atom is 0.164 e. The highest BCUT2D eigenvalue weighted by molar-refractivity contribution is 7.26. The second kappa shape index (κ2) is 13.2. The Kier molecular flexibility index (Phi) is 7.55. The number of pyridine rings is 1. The van der Waals surface area contributed by atoms with Crippen LogP contribution < -0.4 is 0 Å². The molecular formula is C52H30N4S2. The van der Waals surface area contributed by atoms with Crippen molar-refractivity contribution in [3.63, 3.8) is 0 Å². The third-order valence-corrected chi connectivity index (χ3v) is 13.5. The van der Waals surface area contributed by atoms with Crippen molar-refractivity contribution in [2.75, 3.05) is 0 Å². The first-order chi connectivity index (χ1) is 28.7. The van der Waals surface area contributed by atoms with Gasteiger partial charge in [0.2, 0.25) is 0 Å². The van der Waals surface area contributed by atoms with E-state index in [1.165, 1.54) is 51.3 Å². The Morgan fingerprint density at radius 2 is 0.828 bits per heavy atom. The minimum absolute atomic E-state index is 0.638. The van der Waals surface area contributed by atoms with E-state index in [9.17, 15) is 0 Å². The molecule has 0 spiro atoms. The molecule has 4 heterocycles. The van der Waals surface area contributed by atoms with Crippen molar-refractivity contribution >= 4 is 84.7 Å². The molecule has 12 rings (SSSR count). The Bertz CT molecular complexity index is 3500. The number of aromatic nitrogens is 4. The van der Waals surface area contributed by atoms with Gasteiger partial charge in [0.05, 0.1) is 11.2 Å².